The Morgan fingerprint density at radius 2 is 1.82 bits per heavy atom. The van der Waals surface area contributed by atoms with Gasteiger partial charge in [0.1, 0.15) is 0 Å². The van der Waals surface area contributed by atoms with E-state index in [1.54, 1.807) is 0 Å². The summed E-state index contributed by atoms with van der Waals surface area (Å²) in [7, 11) is 1.96. The van der Waals surface area contributed by atoms with Crippen LogP contribution in [0.2, 0.25) is 0 Å². The third-order valence-corrected chi connectivity index (χ3v) is 3.70. The van der Waals surface area contributed by atoms with Crippen LogP contribution < -0.4 is 5.32 Å². The molecule has 2 unspecified atom stereocenters. The zero-order chi connectivity index (χ0) is 13.0. The summed E-state index contributed by atoms with van der Waals surface area (Å²) in [6, 6.07) is 6.76. The molecule has 96 valence electrons. The highest BCUT2D eigenvalue weighted by Crippen LogP contribution is 2.28. The molecular weight excluding hydrogens is 210 g/mol. The van der Waals surface area contributed by atoms with E-state index in [0.29, 0.717) is 5.92 Å². The average molecular weight is 235 g/mol. The van der Waals surface area contributed by atoms with Gasteiger partial charge in [0.25, 0.3) is 0 Å². The fourth-order valence-corrected chi connectivity index (χ4v) is 2.29. The number of aryl methyl sites for hydroxylation is 2. The van der Waals surface area contributed by atoms with Crippen molar-refractivity contribution >= 4 is 0 Å². The van der Waals surface area contributed by atoms with E-state index < -0.39 is 0 Å². The Bertz CT molecular complexity index is 360. The Kier molecular flexibility index (Phi) is 5.16. The molecule has 0 spiro atoms. The molecule has 0 amide bonds. The van der Waals surface area contributed by atoms with Crippen molar-refractivity contribution in [3.05, 3.63) is 34.9 Å². The van der Waals surface area contributed by atoms with Crippen molar-refractivity contribution in [1.29, 1.82) is 0 Å². The second-order valence-electron chi connectivity index (χ2n) is 5.20. The van der Waals surface area contributed by atoms with E-state index in [4.69, 9.17) is 0 Å². The van der Waals surface area contributed by atoms with Gasteiger partial charge in [0.2, 0.25) is 0 Å². The molecule has 1 aromatic carbocycles. The second-order valence-corrected chi connectivity index (χ2v) is 5.20. The van der Waals surface area contributed by atoms with Crippen LogP contribution in [0.5, 0.6) is 0 Å². The first-order chi connectivity index (χ1) is 8.01. The molecule has 0 bridgehead atoms. The highest BCUT2D eigenvalue weighted by molar-refractivity contribution is 5.32. The van der Waals surface area contributed by atoms with E-state index in [1.807, 2.05) is 7.05 Å². The summed E-state index contributed by atoms with van der Waals surface area (Å²) in [5, 5.41) is 12.9. The Hall–Kier alpha value is -0.860. The summed E-state index contributed by atoms with van der Waals surface area (Å²) in [5.41, 5.74) is 3.89. The van der Waals surface area contributed by atoms with Crippen molar-refractivity contribution in [2.75, 3.05) is 13.7 Å². The average Bonchev–Trinajstić information content (AvgIpc) is 2.29. The SMILES string of the molecule is CNC(c1ccc(C)c(C)c1)C(CO)C(C)C. The number of aliphatic hydroxyl groups excluding tert-OH is 1. The Morgan fingerprint density at radius 1 is 1.18 bits per heavy atom. The molecule has 2 nitrogen and oxygen atoms in total. The largest absolute Gasteiger partial charge is 0.396 e. The maximum atomic E-state index is 9.54. The maximum absolute atomic E-state index is 9.54. The van der Waals surface area contributed by atoms with Gasteiger partial charge in [-0.05, 0) is 43.5 Å². The monoisotopic (exact) mass is 235 g/mol. The molecule has 0 aromatic heterocycles. The van der Waals surface area contributed by atoms with Crippen molar-refractivity contribution in [1.82, 2.24) is 5.32 Å². The number of benzene rings is 1. The quantitative estimate of drug-likeness (QED) is 0.822. The third kappa shape index (κ3) is 3.30. The topological polar surface area (TPSA) is 32.3 Å². The summed E-state index contributed by atoms with van der Waals surface area (Å²) in [6.45, 7) is 8.79. The van der Waals surface area contributed by atoms with Crippen molar-refractivity contribution in [2.45, 2.75) is 33.7 Å². The number of nitrogens with one attached hydrogen (secondary N) is 1. The van der Waals surface area contributed by atoms with Gasteiger partial charge in [-0.2, -0.15) is 0 Å². The zero-order valence-electron chi connectivity index (χ0n) is 11.6. The fraction of sp³-hybridized carbons (Fsp3) is 0.600. The minimum atomic E-state index is 0.218. The molecule has 0 saturated heterocycles. The van der Waals surface area contributed by atoms with Crippen LogP contribution in [0.3, 0.4) is 0 Å². The first-order valence-electron chi connectivity index (χ1n) is 6.36. The highest BCUT2D eigenvalue weighted by atomic mass is 16.3. The number of aliphatic hydroxyl groups is 1. The smallest absolute Gasteiger partial charge is 0.0479 e. The summed E-state index contributed by atoms with van der Waals surface area (Å²) in [6.07, 6.45) is 0. The van der Waals surface area contributed by atoms with Gasteiger partial charge >= 0.3 is 0 Å². The molecule has 17 heavy (non-hydrogen) atoms. The first kappa shape index (κ1) is 14.2. The lowest BCUT2D eigenvalue weighted by Gasteiger charge is -2.29. The molecule has 0 aliphatic carbocycles. The number of hydrogen-bond acceptors (Lipinski definition) is 2. The van der Waals surface area contributed by atoms with E-state index in [9.17, 15) is 5.11 Å². The molecule has 0 aliphatic heterocycles. The number of hydrogen-bond donors (Lipinski definition) is 2. The van der Waals surface area contributed by atoms with Gasteiger partial charge in [-0.15, -0.1) is 0 Å². The lowest BCUT2D eigenvalue weighted by Crippen LogP contribution is -2.31. The normalized spacial score (nSPS) is 15.0. The molecule has 2 atom stereocenters. The van der Waals surface area contributed by atoms with Crippen LogP contribution in [0.1, 0.15) is 36.6 Å². The summed E-state index contributed by atoms with van der Waals surface area (Å²) < 4.78 is 0. The number of rotatable bonds is 5. The van der Waals surface area contributed by atoms with Gasteiger partial charge < -0.3 is 10.4 Å². The van der Waals surface area contributed by atoms with E-state index in [0.717, 1.165) is 0 Å². The summed E-state index contributed by atoms with van der Waals surface area (Å²) >= 11 is 0. The van der Waals surface area contributed by atoms with Gasteiger partial charge in [0, 0.05) is 18.6 Å². The van der Waals surface area contributed by atoms with Crippen molar-refractivity contribution in [3.63, 3.8) is 0 Å². The van der Waals surface area contributed by atoms with Gasteiger partial charge in [0.05, 0.1) is 0 Å². The molecule has 0 aliphatic rings. The lowest BCUT2D eigenvalue weighted by atomic mass is 9.84. The first-order valence-corrected chi connectivity index (χ1v) is 6.36. The molecular formula is C15H25NO. The van der Waals surface area contributed by atoms with Crippen LogP contribution >= 0.6 is 0 Å². The molecule has 0 fully saturated rings. The van der Waals surface area contributed by atoms with Crippen molar-refractivity contribution < 1.29 is 5.11 Å². The van der Waals surface area contributed by atoms with Crippen LogP contribution in [-0.2, 0) is 0 Å². The molecule has 1 aromatic rings. The van der Waals surface area contributed by atoms with E-state index in [2.05, 4.69) is 51.2 Å². The van der Waals surface area contributed by atoms with E-state index in [1.165, 1.54) is 16.7 Å². The van der Waals surface area contributed by atoms with Gasteiger partial charge in [-0.3, -0.25) is 0 Å². The van der Waals surface area contributed by atoms with Gasteiger partial charge in [-0.25, -0.2) is 0 Å². The minimum absolute atomic E-state index is 0.218. The van der Waals surface area contributed by atoms with Crippen LogP contribution in [0.15, 0.2) is 18.2 Å². The molecule has 2 N–H and O–H groups in total. The maximum Gasteiger partial charge on any atom is 0.0479 e. The van der Waals surface area contributed by atoms with Crippen LogP contribution in [-0.4, -0.2) is 18.8 Å². The Balaban J connectivity index is 3.03. The van der Waals surface area contributed by atoms with Gasteiger partial charge in [-0.1, -0.05) is 32.0 Å². The summed E-state index contributed by atoms with van der Waals surface area (Å²) in [4.78, 5) is 0. The molecule has 2 heteroatoms. The van der Waals surface area contributed by atoms with E-state index >= 15 is 0 Å². The van der Waals surface area contributed by atoms with Crippen LogP contribution in [0.4, 0.5) is 0 Å². The van der Waals surface area contributed by atoms with Crippen LogP contribution in [0.25, 0.3) is 0 Å². The third-order valence-electron chi connectivity index (χ3n) is 3.70. The highest BCUT2D eigenvalue weighted by Gasteiger charge is 2.24. The summed E-state index contributed by atoms with van der Waals surface area (Å²) in [5.74, 6) is 0.709. The Labute approximate surface area is 105 Å². The van der Waals surface area contributed by atoms with E-state index in [-0.39, 0.29) is 18.6 Å². The lowest BCUT2D eigenvalue weighted by molar-refractivity contribution is 0.154. The standard InChI is InChI=1S/C15H25NO/c1-10(2)14(9-17)15(16-5)13-7-6-11(3)12(4)8-13/h6-8,10,14-17H,9H2,1-5H3. The second kappa shape index (κ2) is 6.18. The van der Waals surface area contributed by atoms with Crippen molar-refractivity contribution in [3.8, 4) is 0 Å². The predicted octanol–water partition coefficient (Wildman–Crippen LogP) is 2.83. The Morgan fingerprint density at radius 3 is 2.24 bits per heavy atom. The fourth-order valence-electron chi connectivity index (χ4n) is 2.29. The zero-order valence-corrected chi connectivity index (χ0v) is 11.6. The van der Waals surface area contributed by atoms with Crippen molar-refractivity contribution in [2.24, 2.45) is 11.8 Å². The molecule has 0 heterocycles. The molecule has 0 saturated carbocycles. The predicted molar refractivity (Wildman–Crippen MR) is 73.1 cm³/mol. The van der Waals surface area contributed by atoms with Gasteiger partial charge in [0.15, 0.2) is 0 Å². The minimum Gasteiger partial charge on any atom is -0.396 e. The molecule has 1 rings (SSSR count). The van der Waals surface area contributed by atoms with Crippen LogP contribution in [0, 0.1) is 25.7 Å². The molecule has 0 radical (unpaired) electrons.